The molecule has 2 rings (SSSR count). The zero-order chi connectivity index (χ0) is 12.4. The monoisotopic (exact) mass is 259 g/mol. The van der Waals surface area contributed by atoms with Crippen LogP contribution in [0.5, 0.6) is 0 Å². The molecule has 0 radical (unpaired) electrons. The van der Waals surface area contributed by atoms with Crippen LogP contribution >= 0.6 is 11.6 Å². The smallest absolute Gasteiger partial charge is 0.160 e. The van der Waals surface area contributed by atoms with Crippen molar-refractivity contribution in [2.24, 2.45) is 5.92 Å². The Morgan fingerprint density at radius 1 is 1.35 bits per heavy atom. The fraction of sp³-hybridized carbons (Fsp3) is 0.538. The van der Waals surface area contributed by atoms with Crippen LogP contribution in [0.15, 0.2) is 12.1 Å². The highest BCUT2D eigenvalue weighted by Gasteiger charge is 2.27. The molecule has 0 heterocycles. The van der Waals surface area contributed by atoms with Gasteiger partial charge >= 0.3 is 0 Å². The number of halogens is 3. The van der Waals surface area contributed by atoms with Gasteiger partial charge in [0.15, 0.2) is 11.6 Å². The summed E-state index contributed by atoms with van der Waals surface area (Å²) in [6, 6.07) is 2.30. The van der Waals surface area contributed by atoms with E-state index in [4.69, 9.17) is 11.6 Å². The summed E-state index contributed by atoms with van der Waals surface area (Å²) < 4.78 is 26.3. The minimum atomic E-state index is -0.888. The predicted molar refractivity (Wildman–Crippen MR) is 65.1 cm³/mol. The molecular weight excluding hydrogens is 244 g/mol. The van der Waals surface area contributed by atoms with Gasteiger partial charge in [0, 0.05) is 11.1 Å². The summed E-state index contributed by atoms with van der Waals surface area (Å²) in [6.07, 6.45) is 3.39. The van der Waals surface area contributed by atoms with E-state index in [2.05, 4.69) is 5.32 Å². The molecule has 0 amide bonds. The molecule has 4 heteroatoms. The maximum absolute atomic E-state index is 13.3. The quantitative estimate of drug-likeness (QED) is 0.786. The zero-order valence-electron chi connectivity index (χ0n) is 9.77. The Kier molecular flexibility index (Phi) is 4.00. The number of rotatable bonds is 5. The van der Waals surface area contributed by atoms with Gasteiger partial charge in [-0.15, -0.1) is 0 Å². The maximum atomic E-state index is 13.3. The minimum absolute atomic E-state index is 0.0232. The summed E-state index contributed by atoms with van der Waals surface area (Å²) in [4.78, 5) is 0. The van der Waals surface area contributed by atoms with Crippen LogP contribution in [0, 0.1) is 17.6 Å². The van der Waals surface area contributed by atoms with Crippen LogP contribution in [0.1, 0.15) is 37.8 Å². The van der Waals surface area contributed by atoms with E-state index in [1.54, 1.807) is 0 Å². The van der Waals surface area contributed by atoms with Crippen LogP contribution < -0.4 is 5.32 Å². The van der Waals surface area contributed by atoms with E-state index >= 15 is 0 Å². The second kappa shape index (κ2) is 5.32. The second-order valence-electron chi connectivity index (χ2n) is 4.58. The van der Waals surface area contributed by atoms with Crippen molar-refractivity contribution >= 4 is 11.6 Å². The van der Waals surface area contributed by atoms with Crippen molar-refractivity contribution in [3.8, 4) is 0 Å². The predicted octanol–water partition coefficient (Wildman–Crippen LogP) is 4.07. The molecule has 17 heavy (non-hydrogen) atoms. The van der Waals surface area contributed by atoms with Gasteiger partial charge in [0.05, 0.1) is 0 Å². The Balaban J connectivity index is 2.23. The molecule has 0 aliphatic heterocycles. The maximum Gasteiger partial charge on any atom is 0.160 e. The first-order chi connectivity index (χ1) is 8.11. The zero-order valence-corrected chi connectivity index (χ0v) is 10.5. The fourth-order valence-electron chi connectivity index (χ4n) is 2.06. The molecular formula is C13H16ClF2N. The van der Waals surface area contributed by atoms with Crippen molar-refractivity contribution in [3.63, 3.8) is 0 Å². The number of benzene rings is 1. The largest absolute Gasteiger partial charge is 0.310 e. The Labute approximate surface area is 105 Å². The Morgan fingerprint density at radius 3 is 2.59 bits per heavy atom. The van der Waals surface area contributed by atoms with Crippen molar-refractivity contribution in [2.75, 3.05) is 6.54 Å². The van der Waals surface area contributed by atoms with Gasteiger partial charge in [-0.3, -0.25) is 0 Å². The average molecular weight is 260 g/mol. The van der Waals surface area contributed by atoms with Crippen molar-refractivity contribution in [3.05, 3.63) is 34.4 Å². The Hall–Kier alpha value is -0.670. The molecule has 1 nitrogen and oxygen atoms in total. The van der Waals surface area contributed by atoms with Crippen LogP contribution in [0.4, 0.5) is 8.78 Å². The van der Waals surface area contributed by atoms with Crippen LogP contribution in [0.2, 0.25) is 5.02 Å². The highest BCUT2D eigenvalue weighted by Crippen LogP contribution is 2.39. The number of hydrogen-bond acceptors (Lipinski definition) is 1. The number of nitrogens with one attached hydrogen (secondary N) is 1. The molecule has 1 saturated carbocycles. The summed E-state index contributed by atoms with van der Waals surface area (Å²) in [5.74, 6) is -1.02. The molecule has 1 aromatic rings. The third kappa shape index (κ3) is 3.17. The lowest BCUT2D eigenvalue weighted by atomic mass is 10.0. The highest BCUT2D eigenvalue weighted by molar-refractivity contribution is 6.31. The molecule has 0 bridgehead atoms. The van der Waals surface area contributed by atoms with Crippen molar-refractivity contribution in [1.29, 1.82) is 0 Å². The second-order valence-corrected chi connectivity index (χ2v) is 4.98. The summed E-state index contributed by atoms with van der Waals surface area (Å²) in [5, 5.41) is 3.59. The van der Waals surface area contributed by atoms with Gasteiger partial charge in [0.1, 0.15) is 0 Å². The van der Waals surface area contributed by atoms with E-state index in [0.717, 1.165) is 19.0 Å². The third-order valence-corrected chi connectivity index (χ3v) is 3.46. The fourth-order valence-corrected chi connectivity index (χ4v) is 2.34. The molecule has 1 aliphatic carbocycles. The first kappa shape index (κ1) is 12.8. The van der Waals surface area contributed by atoms with Crippen molar-refractivity contribution < 1.29 is 8.78 Å². The molecule has 1 N–H and O–H groups in total. The topological polar surface area (TPSA) is 12.0 Å². The summed E-state index contributed by atoms with van der Waals surface area (Å²) in [7, 11) is 0. The molecule has 0 aromatic heterocycles. The van der Waals surface area contributed by atoms with Gasteiger partial charge in [-0.2, -0.15) is 0 Å². The molecule has 1 atom stereocenters. The van der Waals surface area contributed by atoms with Crippen LogP contribution in [0.25, 0.3) is 0 Å². The van der Waals surface area contributed by atoms with Gasteiger partial charge in [-0.05, 0) is 36.6 Å². The normalized spacial score (nSPS) is 17.2. The molecule has 1 aromatic carbocycles. The lowest BCUT2D eigenvalue weighted by Crippen LogP contribution is -2.22. The lowest BCUT2D eigenvalue weighted by Gasteiger charge is -2.19. The van der Waals surface area contributed by atoms with Crippen molar-refractivity contribution in [2.45, 2.75) is 32.2 Å². The lowest BCUT2D eigenvalue weighted by molar-refractivity contribution is 0.473. The Bertz CT molecular complexity index is 405. The standard InChI is InChI=1S/C13H16ClF2N/c1-2-17-13(5-8-3-4-8)9-6-11(15)12(16)7-10(9)14/h6-8,13,17H,2-5H2,1H3. The first-order valence-electron chi connectivity index (χ1n) is 5.99. The SMILES string of the molecule is CCNC(CC1CC1)c1cc(F)c(F)cc1Cl. The van der Waals surface area contributed by atoms with E-state index in [1.807, 2.05) is 6.92 Å². The third-order valence-electron chi connectivity index (χ3n) is 3.13. The molecule has 0 saturated heterocycles. The minimum Gasteiger partial charge on any atom is -0.310 e. The van der Waals surface area contributed by atoms with Gasteiger partial charge in [0.25, 0.3) is 0 Å². The van der Waals surface area contributed by atoms with Gasteiger partial charge in [0.2, 0.25) is 0 Å². The van der Waals surface area contributed by atoms with Gasteiger partial charge in [-0.1, -0.05) is 31.4 Å². The first-order valence-corrected chi connectivity index (χ1v) is 6.37. The van der Waals surface area contributed by atoms with E-state index in [-0.39, 0.29) is 6.04 Å². The van der Waals surface area contributed by atoms with E-state index in [1.165, 1.54) is 18.9 Å². The van der Waals surface area contributed by atoms with Crippen LogP contribution in [-0.2, 0) is 0 Å². The van der Waals surface area contributed by atoms with Gasteiger partial charge in [-0.25, -0.2) is 8.78 Å². The summed E-state index contributed by atoms with van der Waals surface area (Å²) in [5.41, 5.74) is 0.666. The Morgan fingerprint density at radius 2 is 2.00 bits per heavy atom. The van der Waals surface area contributed by atoms with E-state index in [9.17, 15) is 8.78 Å². The van der Waals surface area contributed by atoms with E-state index < -0.39 is 11.6 Å². The number of hydrogen-bond donors (Lipinski definition) is 1. The molecule has 94 valence electrons. The van der Waals surface area contributed by atoms with Crippen molar-refractivity contribution in [1.82, 2.24) is 5.32 Å². The van der Waals surface area contributed by atoms with Gasteiger partial charge < -0.3 is 5.32 Å². The molecule has 1 aliphatic rings. The van der Waals surface area contributed by atoms with E-state index in [0.29, 0.717) is 16.5 Å². The highest BCUT2D eigenvalue weighted by atomic mass is 35.5. The molecule has 1 unspecified atom stereocenters. The summed E-state index contributed by atoms with van der Waals surface area (Å²) >= 11 is 5.99. The molecule has 1 fully saturated rings. The average Bonchev–Trinajstić information content (AvgIpc) is 3.07. The summed E-state index contributed by atoms with van der Waals surface area (Å²) in [6.45, 7) is 2.78. The molecule has 0 spiro atoms. The van der Waals surface area contributed by atoms with Crippen LogP contribution in [-0.4, -0.2) is 6.54 Å². The van der Waals surface area contributed by atoms with Crippen LogP contribution in [0.3, 0.4) is 0 Å².